The topological polar surface area (TPSA) is 57.0 Å². The van der Waals surface area contributed by atoms with Crippen LogP contribution in [0.1, 0.15) is 0 Å². The summed E-state index contributed by atoms with van der Waals surface area (Å²) in [5.41, 5.74) is 0. The van der Waals surface area contributed by atoms with E-state index in [9.17, 15) is 0 Å². The molecule has 0 N–H and O–H groups in total. The van der Waals surface area contributed by atoms with Gasteiger partial charge in [0, 0.05) is 0 Å². The van der Waals surface area contributed by atoms with Gasteiger partial charge < -0.3 is 11.0 Å². The van der Waals surface area contributed by atoms with Gasteiger partial charge in [-0.3, -0.25) is 0 Å². The molecule has 0 saturated heterocycles. The second-order valence-corrected chi connectivity index (χ2v) is 0. The Morgan fingerprint density at radius 1 is 0.750 bits per heavy atom. The second-order valence-electron chi connectivity index (χ2n) is 0. The molecule has 4 heavy (non-hydrogen) atoms. The van der Waals surface area contributed by atoms with Crippen LogP contribution >= 0.6 is 0 Å². The molecule has 0 atom stereocenters. The Morgan fingerprint density at radius 3 is 0.750 bits per heavy atom. The Kier molecular flexibility index (Phi) is 506. The van der Waals surface area contributed by atoms with Crippen LogP contribution in [0.4, 0.5) is 0 Å². The van der Waals surface area contributed by atoms with Crippen molar-refractivity contribution in [2.24, 2.45) is 0 Å². The predicted octanol–water partition coefficient (Wildman–Crippen LogP) is -0.243. The Balaban J connectivity index is 0. The Bertz CT molecular complexity index is 6.00. The normalized spacial score (nSPS) is 0. The Labute approximate surface area is 50.3 Å². The average molecular weight is 199 g/mol. The van der Waals surface area contributed by atoms with Crippen LogP contribution in [0.15, 0.2) is 0 Å². The van der Waals surface area contributed by atoms with Crippen molar-refractivity contribution in [1.82, 2.24) is 0 Å². The van der Waals surface area contributed by atoms with Crippen molar-refractivity contribution in [2.45, 2.75) is 0 Å². The molecule has 0 amide bonds. The van der Waals surface area contributed by atoms with Gasteiger partial charge in [-0.25, -0.2) is 0 Å². The molecule has 0 aromatic carbocycles. The van der Waals surface area contributed by atoms with E-state index in [-0.39, 0.29) is 50.1 Å². The van der Waals surface area contributed by atoms with E-state index in [1.165, 1.54) is 0 Å². The van der Waals surface area contributed by atoms with Gasteiger partial charge in [0.1, 0.15) is 0 Å². The molecule has 0 saturated carbocycles. The minimum Gasteiger partial charge on any atom is -2.00 e. The largest absolute Gasteiger partial charge is 2.00 e. The smallest absolute Gasteiger partial charge is 2.00 e. The van der Waals surface area contributed by atoms with E-state index in [1.807, 2.05) is 0 Å². The van der Waals surface area contributed by atoms with Crippen LogP contribution in [-0.2, 0) is 50.1 Å². The third-order valence-electron chi connectivity index (χ3n) is 0. The van der Waals surface area contributed by atoms with Crippen LogP contribution < -0.4 is 0 Å². The zero-order chi connectivity index (χ0) is 0. The quantitative estimate of drug-likeness (QED) is 0.483. The molecular weight excluding hydrogens is 199 g/mol. The van der Waals surface area contributed by atoms with Gasteiger partial charge in [-0.05, 0) is 0 Å². The van der Waals surface area contributed by atoms with Crippen molar-refractivity contribution in [3.05, 3.63) is 0 Å². The molecule has 0 aromatic rings. The summed E-state index contributed by atoms with van der Waals surface area (Å²) in [6, 6.07) is 0. The van der Waals surface area contributed by atoms with Crippen LogP contribution in [0.5, 0.6) is 0 Å². The molecule has 0 aliphatic heterocycles. The van der Waals surface area contributed by atoms with Gasteiger partial charge >= 0.3 is 39.2 Å². The summed E-state index contributed by atoms with van der Waals surface area (Å²) in [4.78, 5) is 0. The molecule has 1 radical (unpaired) electrons. The maximum Gasteiger partial charge on any atom is 2.00 e. The van der Waals surface area contributed by atoms with Crippen molar-refractivity contribution in [2.75, 3.05) is 0 Å². The summed E-state index contributed by atoms with van der Waals surface area (Å²) >= 11 is 0. The molecule has 0 aliphatic rings. The molecule has 0 unspecified atom stereocenters. The fourth-order valence-electron chi connectivity index (χ4n) is 0. The molecule has 0 heterocycles. The molecule has 33 valence electrons. The summed E-state index contributed by atoms with van der Waals surface area (Å²) in [6.45, 7) is 0. The first-order chi connectivity index (χ1) is 0. The van der Waals surface area contributed by atoms with Crippen molar-refractivity contribution in [3.8, 4) is 0 Å². The summed E-state index contributed by atoms with van der Waals surface area (Å²) in [5, 5.41) is 0. The molecule has 4 heteroatoms. The molecule has 0 aliphatic carbocycles. The Morgan fingerprint density at radius 2 is 0.750 bits per heavy atom. The molecule has 0 aromatic heterocycles. The molecule has 0 rings (SSSR count). The van der Waals surface area contributed by atoms with Crippen molar-refractivity contribution in [1.29, 1.82) is 0 Å². The van der Waals surface area contributed by atoms with Gasteiger partial charge in [0.25, 0.3) is 0 Å². The van der Waals surface area contributed by atoms with E-state index >= 15 is 0 Å². The van der Waals surface area contributed by atoms with E-state index in [4.69, 9.17) is 0 Å². The zero-order valence-electron chi connectivity index (χ0n) is 1.45. The molecule has 0 bridgehead atoms. The van der Waals surface area contributed by atoms with Gasteiger partial charge in [-0.1, -0.05) is 0 Å². The second kappa shape index (κ2) is 30.7. The first-order valence-electron chi connectivity index (χ1n) is 0. The maximum absolute atomic E-state index is 0. The minimum absolute atomic E-state index is 0. The summed E-state index contributed by atoms with van der Waals surface area (Å²) in [5.74, 6) is 0. The molecular formula is AgCoO2-. The summed E-state index contributed by atoms with van der Waals surface area (Å²) in [6.07, 6.45) is 0. The van der Waals surface area contributed by atoms with Gasteiger partial charge in [0.05, 0.1) is 0 Å². The zero-order valence-corrected chi connectivity index (χ0v) is 3.97. The van der Waals surface area contributed by atoms with Crippen LogP contribution in [-0.4, -0.2) is 0 Å². The van der Waals surface area contributed by atoms with Crippen molar-refractivity contribution >= 4 is 0 Å². The van der Waals surface area contributed by atoms with Crippen molar-refractivity contribution < 1.29 is 50.1 Å². The van der Waals surface area contributed by atoms with E-state index in [0.717, 1.165) is 0 Å². The molecule has 0 fully saturated rings. The van der Waals surface area contributed by atoms with E-state index in [2.05, 4.69) is 0 Å². The fourth-order valence-corrected chi connectivity index (χ4v) is 0. The number of hydrogen-bond donors (Lipinski definition) is 0. The first kappa shape index (κ1) is 65.9. The third-order valence-corrected chi connectivity index (χ3v) is 0. The minimum atomic E-state index is 0. The SMILES string of the molecule is [Ag+].[Co+2].[O-2].[O-2]. The first-order valence-corrected chi connectivity index (χ1v) is 0. The van der Waals surface area contributed by atoms with E-state index < -0.39 is 0 Å². The third kappa shape index (κ3) is 10.9. The fraction of sp³-hybridized carbons (Fsp3) is 0. The number of rotatable bonds is 0. The molecule has 2 nitrogen and oxygen atoms in total. The van der Waals surface area contributed by atoms with Gasteiger partial charge in [0.2, 0.25) is 0 Å². The Hall–Kier alpha value is 1.17. The van der Waals surface area contributed by atoms with Gasteiger partial charge in [0.15, 0.2) is 0 Å². The van der Waals surface area contributed by atoms with Crippen LogP contribution in [0.25, 0.3) is 0 Å². The number of hydrogen-bond acceptors (Lipinski definition) is 0. The van der Waals surface area contributed by atoms with Crippen LogP contribution in [0.3, 0.4) is 0 Å². The summed E-state index contributed by atoms with van der Waals surface area (Å²) < 4.78 is 0. The van der Waals surface area contributed by atoms with E-state index in [1.54, 1.807) is 0 Å². The molecule has 0 spiro atoms. The summed E-state index contributed by atoms with van der Waals surface area (Å²) in [7, 11) is 0. The van der Waals surface area contributed by atoms with Gasteiger partial charge in [-0.15, -0.1) is 0 Å². The standard InChI is InChI=1S/Ag.Co.2O/q+1;+2;2*-2. The van der Waals surface area contributed by atoms with Crippen LogP contribution in [0, 0.1) is 0 Å². The van der Waals surface area contributed by atoms with Crippen molar-refractivity contribution in [3.63, 3.8) is 0 Å². The van der Waals surface area contributed by atoms with E-state index in [0.29, 0.717) is 0 Å². The van der Waals surface area contributed by atoms with Gasteiger partial charge in [-0.2, -0.15) is 0 Å². The van der Waals surface area contributed by atoms with Crippen LogP contribution in [0.2, 0.25) is 0 Å². The predicted molar refractivity (Wildman–Crippen MR) is 1.37 cm³/mol. The maximum atomic E-state index is 0. The average Bonchev–Trinajstić information content (AvgIpc) is 0. The monoisotopic (exact) mass is 198 g/mol.